The molecule has 6 nitrogen and oxygen atoms in total. The van der Waals surface area contributed by atoms with E-state index >= 15 is 0 Å². The molecule has 1 atom stereocenters. The number of carbonyl (C=O) groups is 2. The Morgan fingerprint density at radius 1 is 1.27 bits per heavy atom. The Balaban J connectivity index is 1.71. The predicted octanol–water partition coefficient (Wildman–Crippen LogP) is 2.38. The lowest BCUT2D eigenvalue weighted by Crippen LogP contribution is -2.62. The third-order valence-electron chi connectivity index (χ3n) is 5.75. The summed E-state index contributed by atoms with van der Waals surface area (Å²) < 4.78 is 13.3. The zero-order valence-electron chi connectivity index (χ0n) is 15.5. The van der Waals surface area contributed by atoms with Crippen LogP contribution in [0.4, 0.5) is 14.9 Å². The number of nitrogens with zero attached hydrogens (tertiary/aromatic N) is 3. The molecule has 2 aliphatic heterocycles. The fourth-order valence-corrected chi connectivity index (χ4v) is 3.97. The second-order valence-corrected chi connectivity index (χ2v) is 7.23. The minimum absolute atomic E-state index is 0.183. The second-order valence-electron chi connectivity index (χ2n) is 7.23. The SMILES string of the molecule is CCN1CC[C@@]2(CCC1=O)CN(C(=O)Nc1cccc(F)c1)CCN2C. The molecule has 0 aliphatic carbocycles. The van der Waals surface area contributed by atoms with Crippen LogP contribution in [0.15, 0.2) is 24.3 Å². The number of hydrogen-bond donors (Lipinski definition) is 1. The number of anilines is 1. The molecule has 0 saturated carbocycles. The van der Waals surface area contributed by atoms with Gasteiger partial charge in [0.2, 0.25) is 5.91 Å². The lowest BCUT2D eigenvalue weighted by atomic mass is 9.86. The third kappa shape index (κ3) is 3.82. The topological polar surface area (TPSA) is 55.9 Å². The van der Waals surface area contributed by atoms with Crippen molar-refractivity contribution < 1.29 is 14.0 Å². The van der Waals surface area contributed by atoms with Crippen molar-refractivity contribution in [3.63, 3.8) is 0 Å². The van der Waals surface area contributed by atoms with Crippen molar-refractivity contribution in [1.29, 1.82) is 0 Å². The molecule has 1 N–H and O–H groups in total. The van der Waals surface area contributed by atoms with Gasteiger partial charge >= 0.3 is 6.03 Å². The van der Waals surface area contributed by atoms with Crippen LogP contribution in [-0.2, 0) is 4.79 Å². The van der Waals surface area contributed by atoms with Crippen LogP contribution in [0.2, 0.25) is 0 Å². The molecular weight excluding hydrogens is 335 g/mol. The van der Waals surface area contributed by atoms with Crippen LogP contribution in [0, 0.1) is 5.82 Å². The summed E-state index contributed by atoms with van der Waals surface area (Å²) in [4.78, 5) is 30.9. The first-order chi connectivity index (χ1) is 12.4. The van der Waals surface area contributed by atoms with E-state index in [1.165, 1.54) is 12.1 Å². The van der Waals surface area contributed by atoms with Crippen LogP contribution in [0.3, 0.4) is 0 Å². The zero-order chi connectivity index (χ0) is 18.7. The summed E-state index contributed by atoms with van der Waals surface area (Å²) in [5.41, 5.74) is 0.271. The molecule has 142 valence electrons. The summed E-state index contributed by atoms with van der Waals surface area (Å²) in [6, 6.07) is 5.70. The highest BCUT2D eigenvalue weighted by Crippen LogP contribution is 2.32. The minimum Gasteiger partial charge on any atom is -0.343 e. The second kappa shape index (κ2) is 7.61. The average Bonchev–Trinajstić information content (AvgIpc) is 2.77. The van der Waals surface area contributed by atoms with Gasteiger partial charge in [0.25, 0.3) is 0 Å². The van der Waals surface area contributed by atoms with E-state index in [-0.39, 0.29) is 23.3 Å². The highest BCUT2D eigenvalue weighted by Gasteiger charge is 2.43. The summed E-state index contributed by atoms with van der Waals surface area (Å²) >= 11 is 0. The fourth-order valence-electron chi connectivity index (χ4n) is 3.97. The van der Waals surface area contributed by atoms with Crippen LogP contribution < -0.4 is 5.32 Å². The maximum atomic E-state index is 13.3. The Hall–Kier alpha value is -2.15. The zero-order valence-corrected chi connectivity index (χ0v) is 15.5. The molecular formula is C19H27FN4O2. The molecule has 1 aromatic carbocycles. The molecule has 26 heavy (non-hydrogen) atoms. The average molecular weight is 362 g/mol. The molecule has 2 fully saturated rings. The predicted molar refractivity (Wildman–Crippen MR) is 98.5 cm³/mol. The fraction of sp³-hybridized carbons (Fsp3) is 0.579. The van der Waals surface area contributed by atoms with Crippen molar-refractivity contribution in [2.45, 2.75) is 31.7 Å². The van der Waals surface area contributed by atoms with E-state index in [1.807, 2.05) is 11.8 Å². The Morgan fingerprint density at radius 3 is 2.81 bits per heavy atom. The van der Waals surface area contributed by atoms with E-state index in [2.05, 4.69) is 17.3 Å². The molecule has 0 bridgehead atoms. The largest absolute Gasteiger partial charge is 0.343 e. The highest BCUT2D eigenvalue weighted by atomic mass is 19.1. The standard InChI is InChI=1S/C19H27FN4O2/c1-3-23-10-9-19(8-7-17(23)25)14-24(12-11-22(19)2)18(26)21-16-6-4-5-15(20)13-16/h4-6,13H,3,7-12,14H2,1-2H3,(H,21,26)/t19-/m0/s1. The van der Waals surface area contributed by atoms with Gasteiger partial charge < -0.3 is 15.1 Å². The quantitative estimate of drug-likeness (QED) is 0.879. The van der Waals surface area contributed by atoms with Crippen LogP contribution in [-0.4, -0.2) is 71.9 Å². The maximum Gasteiger partial charge on any atom is 0.321 e. The number of halogens is 1. The third-order valence-corrected chi connectivity index (χ3v) is 5.75. The van der Waals surface area contributed by atoms with Gasteiger partial charge in [-0.2, -0.15) is 0 Å². The molecule has 2 saturated heterocycles. The number of carbonyl (C=O) groups excluding carboxylic acids is 2. The molecule has 7 heteroatoms. The molecule has 0 radical (unpaired) electrons. The molecule has 3 amide bonds. The van der Waals surface area contributed by atoms with Gasteiger partial charge in [0.1, 0.15) is 5.82 Å². The van der Waals surface area contributed by atoms with Gasteiger partial charge in [0.15, 0.2) is 0 Å². The van der Waals surface area contributed by atoms with Gasteiger partial charge in [0.05, 0.1) is 0 Å². The minimum atomic E-state index is -0.375. The number of hydrogen-bond acceptors (Lipinski definition) is 3. The monoisotopic (exact) mass is 362 g/mol. The van der Waals surface area contributed by atoms with Crippen LogP contribution in [0.25, 0.3) is 0 Å². The summed E-state index contributed by atoms with van der Waals surface area (Å²) in [6.07, 6.45) is 2.12. The molecule has 0 unspecified atom stereocenters. The molecule has 0 aromatic heterocycles. The van der Waals surface area contributed by atoms with Crippen molar-refractivity contribution in [2.24, 2.45) is 0 Å². The summed E-state index contributed by atoms with van der Waals surface area (Å²) in [5.74, 6) is -0.182. The molecule has 2 heterocycles. The number of rotatable bonds is 2. The van der Waals surface area contributed by atoms with Crippen LogP contribution in [0.1, 0.15) is 26.2 Å². The Morgan fingerprint density at radius 2 is 2.08 bits per heavy atom. The number of piperazine rings is 1. The maximum absolute atomic E-state index is 13.3. The first kappa shape index (κ1) is 18.6. The van der Waals surface area contributed by atoms with Crippen molar-refractivity contribution >= 4 is 17.6 Å². The molecule has 1 spiro atoms. The number of likely N-dealkylation sites (N-methyl/N-ethyl adjacent to an activating group) is 1. The molecule has 2 aliphatic rings. The smallest absolute Gasteiger partial charge is 0.321 e. The van der Waals surface area contributed by atoms with Crippen LogP contribution in [0.5, 0.6) is 0 Å². The van der Waals surface area contributed by atoms with E-state index < -0.39 is 0 Å². The first-order valence-corrected chi connectivity index (χ1v) is 9.24. The number of likely N-dealkylation sites (tertiary alicyclic amines) is 1. The van der Waals surface area contributed by atoms with Crippen molar-refractivity contribution in [3.05, 3.63) is 30.1 Å². The van der Waals surface area contributed by atoms with Gasteiger partial charge in [-0.1, -0.05) is 6.07 Å². The summed E-state index contributed by atoms with van der Waals surface area (Å²) in [7, 11) is 2.08. The number of amides is 3. The van der Waals surface area contributed by atoms with Gasteiger partial charge in [-0.25, -0.2) is 9.18 Å². The van der Waals surface area contributed by atoms with Crippen molar-refractivity contribution in [1.82, 2.24) is 14.7 Å². The van der Waals surface area contributed by atoms with E-state index in [0.29, 0.717) is 25.2 Å². The summed E-state index contributed by atoms with van der Waals surface area (Å²) in [6.45, 7) is 5.40. The Kier molecular flexibility index (Phi) is 5.46. The first-order valence-electron chi connectivity index (χ1n) is 9.24. The number of nitrogens with one attached hydrogen (secondary N) is 1. The Bertz CT molecular complexity index is 683. The molecule has 1 aromatic rings. The Labute approximate surface area is 153 Å². The number of urea groups is 1. The van der Waals surface area contributed by atoms with Crippen LogP contribution >= 0.6 is 0 Å². The summed E-state index contributed by atoms with van der Waals surface area (Å²) in [5, 5.41) is 2.78. The number of benzene rings is 1. The van der Waals surface area contributed by atoms with Gasteiger partial charge in [-0.15, -0.1) is 0 Å². The molecule has 3 rings (SSSR count). The lowest BCUT2D eigenvalue weighted by Gasteiger charge is -2.49. The van der Waals surface area contributed by atoms with E-state index in [0.717, 1.165) is 32.5 Å². The van der Waals surface area contributed by atoms with Gasteiger partial charge in [-0.3, -0.25) is 9.69 Å². The van der Waals surface area contributed by atoms with E-state index in [4.69, 9.17) is 0 Å². The highest BCUT2D eigenvalue weighted by molar-refractivity contribution is 5.89. The van der Waals surface area contributed by atoms with Crippen molar-refractivity contribution in [2.75, 3.05) is 45.1 Å². The van der Waals surface area contributed by atoms with E-state index in [1.54, 1.807) is 17.0 Å². The van der Waals surface area contributed by atoms with Gasteiger partial charge in [0, 0.05) is 50.4 Å². The lowest BCUT2D eigenvalue weighted by molar-refractivity contribution is -0.130. The van der Waals surface area contributed by atoms with E-state index in [9.17, 15) is 14.0 Å². The normalized spacial score (nSPS) is 24.7. The van der Waals surface area contributed by atoms with Crippen molar-refractivity contribution in [3.8, 4) is 0 Å². The van der Waals surface area contributed by atoms with Gasteiger partial charge in [-0.05, 0) is 45.0 Å².